The van der Waals surface area contributed by atoms with Crippen molar-refractivity contribution in [1.29, 1.82) is 0 Å². The molecule has 0 unspecified atom stereocenters. The van der Waals surface area contributed by atoms with Crippen molar-refractivity contribution in [2.75, 3.05) is 14.2 Å². The van der Waals surface area contributed by atoms with Crippen molar-refractivity contribution in [3.63, 3.8) is 0 Å². The lowest BCUT2D eigenvalue weighted by Crippen LogP contribution is -2.05. The Hall–Kier alpha value is -3.27. The van der Waals surface area contributed by atoms with Crippen LogP contribution in [0.5, 0.6) is 11.5 Å². The predicted molar refractivity (Wildman–Crippen MR) is 110 cm³/mol. The minimum absolute atomic E-state index is 0.343. The summed E-state index contributed by atoms with van der Waals surface area (Å²) in [6, 6.07) is 14.2. The van der Waals surface area contributed by atoms with E-state index < -0.39 is 11.7 Å². The molecule has 10 heteroatoms. The van der Waals surface area contributed by atoms with E-state index in [1.54, 1.807) is 49.1 Å². The Balaban J connectivity index is 1.61. The smallest absolute Gasteiger partial charge is 0.416 e. The molecule has 2 aromatic carbocycles. The van der Waals surface area contributed by atoms with Gasteiger partial charge in [-0.15, -0.1) is 10.2 Å². The highest BCUT2D eigenvalue weighted by Crippen LogP contribution is 2.33. The second kappa shape index (κ2) is 8.46. The second-order valence-corrected chi connectivity index (χ2v) is 7.52. The van der Waals surface area contributed by atoms with Gasteiger partial charge in [-0.1, -0.05) is 30.0 Å². The highest BCUT2D eigenvalue weighted by Gasteiger charge is 2.30. The van der Waals surface area contributed by atoms with Gasteiger partial charge >= 0.3 is 6.18 Å². The van der Waals surface area contributed by atoms with Gasteiger partial charge in [-0.2, -0.15) is 22.8 Å². The number of fused-ring (bicyclic) bond motifs is 1. The molecule has 0 atom stereocenters. The molecule has 0 bridgehead atoms. The standard InChI is InChI=1S/C21H17F3N4O2S/c1-29-16-7-6-14(11-17(16)30-2)20-26-25-18-8-9-19(27-28(18)20)31-12-13-4-3-5-15(10-13)21(22,23)24/h3-11H,12H2,1-2H3. The summed E-state index contributed by atoms with van der Waals surface area (Å²) in [4.78, 5) is 0. The van der Waals surface area contributed by atoms with Crippen LogP contribution >= 0.6 is 11.8 Å². The highest BCUT2D eigenvalue weighted by atomic mass is 32.2. The third kappa shape index (κ3) is 4.43. The average Bonchev–Trinajstić information content (AvgIpc) is 3.20. The number of hydrogen-bond acceptors (Lipinski definition) is 6. The topological polar surface area (TPSA) is 61.5 Å². The van der Waals surface area contributed by atoms with E-state index in [4.69, 9.17) is 9.47 Å². The number of benzene rings is 2. The number of ether oxygens (including phenoxy) is 2. The summed E-state index contributed by atoms with van der Waals surface area (Å²) in [5.41, 5.74) is 1.18. The fourth-order valence-corrected chi connectivity index (χ4v) is 3.80. The molecule has 0 aliphatic heterocycles. The molecule has 6 nitrogen and oxygen atoms in total. The van der Waals surface area contributed by atoms with Gasteiger partial charge < -0.3 is 9.47 Å². The van der Waals surface area contributed by atoms with Crippen LogP contribution in [0.25, 0.3) is 17.0 Å². The Bertz CT molecular complexity index is 1230. The Morgan fingerprint density at radius 2 is 1.74 bits per heavy atom. The van der Waals surface area contributed by atoms with Gasteiger partial charge in [0.05, 0.1) is 19.8 Å². The Morgan fingerprint density at radius 3 is 2.48 bits per heavy atom. The van der Waals surface area contributed by atoms with Crippen LogP contribution in [0.3, 0.4) is 0 Å². The van der Waals surface area contributed by atoms with E-state index in [9.17, 15) is 13.2 Å². The minimum atomic E-state index is -4.37. The maximum absolute atomic E-state index is 12.9. The number of rotatable bonds is 6. The van der Waals surface area contributed by atoms with Crippen molar-refractivity contribution in [1.82, 2.24) is 19.8 Å². The first-order valence-corrected chi connectivity index (χ1v) is 10.1. The van der Waals surface area contributed by atoms with Crippen LogP contribution in [0, 0.1) is 0 Å². The van der Waals surface area contributed by atoms with Crippen LogP contribution in [0.2, 0.25) is 0 Å². The molecular weight excluding hydrogens is 429 g/mol. The molecule has 4 aromatic rings. The first-order valence-electron chi connectivity index (χ1n) is 9.13. The predicted octanol–water partition coefficient (Wildman–Crippen LogP) is 5.12. The van der Waals surface area contributed by atoms with Crippen molar-refractivity contribution in [3.8, 4) is 22.9 Å². The van der Waals surface area contributed by atoms with Crippen LogP contribution in [0.15, 0.2) is 59.6 Å². The third-order valence-corrected chi connectivity index (χ3v) is 5.51. The van der Waals surface area contributed by atoms with Crippen LogP contribution in [-0.2, 0) is 11.9 Å². The molecule has 0 aliphatic carbocycles. The van der Waals surface area contributed by atoms with E-state index in [0.29, 0.717) is 39.3 Å². The van der Waals surface area contributed by atoms with E-state index >= 15 is 0 Å². The molecule has 0 saturated carbocycles. The first kappa shape index (κ1) is 21.0. The lowest BCUT2D eigenvalue weighted by molar-refractivity contribution is -0.137. The summed E-state index contributed by atoms with van der Waals surface area (Å²) in [7, 11) is 3.10. The number of aromatic nitrogens is 4. The molecule has 0 amide bonds. The molecule has 2 heterocycles. The Morgan fingerprint density at radius 1 is 0.935 bits per heavy atom. The van der Waals surface area contributed by atoms with E-state index in [0.717, 1.165) is 17.7 Å². The van der Waals surface area contributed by atoms with E-state index in [1.807, 2.05) is 6.07 Å². The fraction of sp³-hybridized carbons (Fsp3) is 0.190. The van der Waals surface area contributed by atoms with Gasteiger partial charge in [0.25, 0.3) is 0 Å². The lowest BCUT2D eigenvalue weighted by atomic mass is 10.1. The Labute approximate surface area is 180 Å². The summed E-state index contributed by atoms with van der Waals surface area (Å²) in [5.74, 6) is 1.99. The van der Waals surface area contributed by atoms with Gasteiger partial charge in [0, 0.05) is 11.3 Å². The molecule has 0 aliphatic rings. The summed E-state index contributed by atoms with van der Waals surface area (Å²) in [6.07, 6.45) is -4.37. The Kier molecular flexibility index (Phi) is 5.73. The van der Waals surface area contributed by atoms with Gasteiger partial charge in [-0.25, -0.2) is 0 Å². The van der Waals surface area contributed by atoms with Gasteiger partial charge in [-0.3, -0.25) is 0 Å². The van der Waals surface area contributed by atoms with Gasteiger partial charge in [0.15, 0.2) is 23.0 Å². The van der Waals surface area contributed by atoms with Crippen molar-refractivity contribution in [2.24, 2.45) is 0 Å². The van der Waals surface area contributed by atoms with Crippen molar-refractivity contribution in [2.45, 2.75) is 17.0 Å². The van der Waals surface area contributed by atoms with Gasteiger partial charge in [0.2, 0.25) is 0 Å². The summed E-state index contributed by atoms with van der Waals surface area (Å²) >= 11 is 1.33. The van der Waals surface area contributed by atoms with Crippen LogP contribution in [-0.4, -0.2) is 34.0 Å². The molecule has 0 saturated heterocycles. The van der Waals surface area contributed by atoms with E-state index in [1.165, 1.54) is 17.8 Å². The average molecular weight is 446 g/mol. The van der Waals surface area contributed by atoms with Crippen LogP contribution < -0.4 is 9.47 Å². The normalized spacial score (nSPS) is 11.6. The van der Waals surface area contributed by atoms with Crippen molar-refractivity contribution < 1.29 is 22.6 Å². The van der Waals surface area contributed by atoms with Crippen LogP contribution in [0.4, 0.5) is 13.2 Å². The number of nitrogens with zero attached hydrogens (tertiary/aromatic N) is 4. The molecule has 2 aromatic heterocycles. The monoisotopic (exact) mass is 446 g/mol. The quantitative estimate of drug-likeness (QED) is 0.383. The molecule has 0 spiro atoms. The SMILES string of the molecule is COc1ccc(-c2nnc3ccc(SCc4cccc(C(F)(F)F)c4)nn23)cc1OC. The van der Waals surface area contributed by atoms with E-state index in [2.05, 4.69) is 15.3 Å². The highest BCUT2D eigenvalue weighted by molar-refractivity contribution is 7.98. The maximum atomic E-state index is 12.9. The number of thioether (sulfide) groups is 1. The first-order chi connectivity index (χ1) is 14.9. The van der Waals surface area contributed by atoms with Gasteiger partial charge in [0.1, 0.15) is 5.03 Å². The summed E-state index contributed by atoms with van der Waals surface area (Å²) in [5, 5.41) is 13.5. The maximum Gasteiger partial charge on any atom is 0.416 e. The summed E-state index contributed by atoms with van der Waals surface area (Å²) < 4.78 is 51.0. The number of alkyl halides is 3. The molecule has 0 N–H and O–H groups in total. The number of methoxy groups -OCH3 is 2. The molecule has 160 valence electrons. The van der Waals surface area contributed by atoms with Crippen molar-refractivity contribution >= 4 is 17.4 Å². The zero-order valence-electron chi connectivity index (χ0n) is 16.6. The molecule has 31 heavy (non-hydrogen) atoms. The number of halogens is 3. The summed E-state index contributed by atoms with van der Waals surface area (Å²) in [6.45, 7) is 0. The zero-order valence-corrected chi connectivity index (χ0v) is 17.4. The largest absolute Gasteiger partial charge is 0.493 e. The van der Waals surface area contributed by atoms with Gasteiger partial charge in [-0.05, 0) is 42.0 Å². The molecular formula is C21H17F3N4O2S. The fourth-order valence-electron chi connectivity index (χ4n) is 3.00. The zero-order chi connectivity index (χ0) is 22.0. The number of hydrogen-bond donors (Lipinski definition) is 0. The molecule has 0 radical (unpaired) electrons. The third-order valence-electron chi connectivity index (χ3n) is 4.52. The lowest BCUT2D eigenvalue weighted by Gasteiger charge is -2.09. The van der Waals surface area contributed by atoms with Crippen molar-refractivity contribution in [3.05, 3.63) is 65.7 Å². The second-order valence-electron chi connectivity index (χ2n) is 6.52. The van der Waals surface area contributed by atoms with Crippen LogP contribution in [0.1, 0.15) is 11.1 Å². The van der Waals surface area contributed by atoms with E-state index in [-0.39, 0.29) is 0 Å². The molecule has 0 fully saturated rings. The molecule has 4 rings (SSSR count). The minimum Gasteiger partial charge on any atom is -0.493 e.